The van der Waals surface area contributed by atoms with Gasteiger partial charge in [-0.15, -0.1) is 0 Å². The fourth-order valence-corrected chi connectivity index (χ4v) is 2.60. The van der Waals surface area contributed by atoms with Gasteiger partial charge in [-0.3, -0.25) is 4.79 Å². The quantitative estimate of drug-likeness (QED) is 0.847. The third-order valence-corrected chi connectivity index (χ3v) is 3.44. The zero-order valence-electron chi connectivity index (χ0n) is 13.3. The van der Waals surface area contributed by atoms with Crippen molar-refractivity contribution in [2.24, 2.45) is 0 Å². The van der Waals surface area contributed by atoms with Crippen LogP contribution in [0.1, 0.15) is 39.2 Å². The fraction of sp³-hybridized carbons (Fsp3) is 0.588. The molecule has 2 rings (SSSR count). The molecule has 1 aromatic rings. The Morgan fingerprint density at radius 2 is 1.90 bits per heavy atom. The Balaban J connectivity index is 1.87. The molecule has 4 nitrogen and oxygen atoms in total. The molecule has 4 heteroatoms. The van der Waals surface area contributed by atoms with Gasteiger partial charge in [-0.25, -0.2) is 0 Å². The number of hydrogen-bond acceptors (Lipinski definition) is 4. The van der Waals surface area contributed by atoms with E-state index < -0.39 is 5.60 Å². The first-order chi connectivity index (χ1) is 9.96. The molecule has 0 aliphatic carbocycles. The highest BCUT2D eigenvalue weighted by Crippen LogP contribution is 2.24. The molecule has 0 saturated carbocycles. The molecule has 0 spiro atoms. The molecule has 1 aliphatic rings. The van der Waals surface area contributed by atoms with Crippen molar-refractivity contribution >= 4 is 11.7 Å². The summed E-state index contributed by atoms with van der Waals surface area (Å²) in [4.78, 5) is 14.1. The molecule has 0 amide bonds. The summed E-state index contributed by atoms with van der Waals surface area (Å²) < 4.78 is 5.29. The van der Waals surface area contributed by atoms with Crippen LogP contribution >= 0.6 is 0 Å². The number of rotatable bonds is 5. The first-order valence-electron chi connectivity index (χ1n) is 7.71. The van der Waals surface area contributed by atoms with Crippen LogP contribution in [0.4, 0.5) is 5.69 Å². The minimum atomic E-state index is -0.424. The van der Waals surface area contributed by atoms with Crippen LogP contribution in [0.25, 0.3) is 0 Å². The van der Waals surface area contributed by atoms with Gasteiger partial charge in [-0.2, -0.15) is 0 Å². The zero-order valence-corrected chi connectivity index (χ0v) is 13.3. The number of esters is 1. The number of anilines is 1. The van der Waals surface area contributed by atoms with Crippen molar-refractivity contribution in [3.8, 4) is 0 Å². The second kappa shape index (κ2) is 6.94. The lowest BCUT2D eigenvalue weighted by Crippen LogP contribution is -2.31. The summed E-state index contributed by atoms with van der Waals surface area (Å²) in [6, 6.07) is 8.40. The molecule has 0 radical (unpaired) electrons. The zero-order chi connectivity index (χ0) is 15.3. The summed E-state index contributed by atoms with van der Waals surface area (Å²) in [5, 5.41) is 3.19. The second-order valence-corrected chi connectivity index (χ2v) is 6.51. The van der Waals surface area contributed by atoms with E-state index in [1.54, 1.807) is 0 Å². The van der Waals surface area contributed by atoms with Crippen LogP contribution in [0.5, 0.6) is 0 Å². The molecular weight excluding hydrogens is 264 g/mol. The van der Waals surface area contributed by atoms with Gasteiger partial charge in [-0.05, 0) is 45.2 Å². The standard InChI is InChI=1S/C17H26N2O2/c1-17(2,3)21-16(20)13-18-12-14-8-4-5-9-15(14)19-10-6-7-11-19/h4-5,8-9,18H,6-7,10-13H2,1-3H3. The molecule has 0 aromatic heterocycles. The van der Waals surface area contributed by atoms with Gasteiger partial charge in [0.05, 0.1) is 6.54 Å². The number of benzene rings is 1. The molecule has 1 fully saturated rings. The Labute approximate surface area is 127 Å². The van der Waals surface area contributed by atoms with Crippen molar-refractivity contribution < 1.29 is 9.53 Å². The van der Waals surface area contributed by atoms with Crippen LogP contribution in [0.3, 0.4) is 0 Å². The third kappa shape index (κ3) is 5.05. The van der Waals surface area contributed by atoms with E-state index in [1.807, 2.05) is 26.8 Å². The van der Waals surface area contributed by atoms with Crippen molar-refractivity contribution in [2.75, 3.05) is 24.5 Å². The Bertz CT molecular complexity index is 474. The number of para-hydroxylation sites is 1. The van der Waals surface area contributed by atoms with Crippen molar-refractivity contribution in [3.05, 3.63) is 29.8 Å². The maximum atomic E-state index is 11.7. The van der Waals surface area contributed by atoms with Crippen molar-refractivity contribution in [1.82, 2.24) is 5.32 Å². The number of carbonyl (C=O) groups is 1. The van der Waals surface area contributed by atoms with Gasteiger partial charge in [0.15, 0.2) is 0 Å². The van der Waals surface area contributed by atoms with E-state index in [9.17, 15) is 4.79 Å². The Kier molecular flexibility index (Phi) is 5.23. The van der Waals surface area contributed by atoms with Gasteiger partial charge in [0.2, 0.25) is 0 Å². The normalized spacial score (nSPS) is 15.3. The number of ether oxygens (including phenoxy) is 1. The van der Waals surface area contributed by atoms with Crippen LogP contribution in [0.15, 0.2) is 24.3 Å². The van der Waals surface area contributed by atoms with Crippen molar-refractivity contribution in [3.63, 3.8) is 0 Å². The molecule has 1 saturated heterocycles. The summed E-state index contributed by atoms with van der Waals surface area (Å²) >= 11 is 0. The second-order valence-electron chi connectivity index (χ2n) is 6.51. The van der Waals surface area contributed by atoms with Crippen molar-refractivity contribution in [1.29, 1.82) is 0 Å². The SMILES string of the molecule is CC(C)(C)OC(=O)CNCc1ccccc1N1CCCC1. The summed E-state index contributed by atoms with van der Waals surface area (Å²) in [6.45, 7) is 8.83. The lowest BCUT2D eigenvalue weighted by atomic mass is 10.1. The number of carbonyl (C=O) groups excluding carboxylic acids is 1. The topological polar surface area (TPSA) is 41.6 Å². The van der Waals surface area contributed by atoms with Crippen molar-refractivity contribution in [2.45, 2.75) is 45.8 Å². The minimum absolute atomic E-state index is 0.207. The lowest BCUT2D eigenvalue weighted by molar-refractivity contribution is -0.153. The number of hydrogen-bond donors (Lipinski definition) is 1. The lowest BCUT2D eigenvalue weighted by Gasteiger charge is -2.22. The minimum Gasteiger partial charge on any atom is -0.459 e. The molecule has 1 aromatic carbocycles. The fourth-order valence-electron chi connectivity index (χ4n) is 2.60. The predicted octanol–water partition coefficient (Wildman–Crippen LogP) is 2.72. The van der Waals surface area contributed by atoms with E-state index in [0.717, 1.165) is 13.1 Å². The molecule has 21 heavy (non-hydrogen) atoms. The summed E-state index contributed by atoms with van der Waals surface area (Å²) in [5.74, 6) is -0.207. The van der Waals surface area contributed by atoms with Gasteiger partial charge >= 0.3 is 5.97 Å². The maximum absolute atomic E-state index is 11.7. The largest absolute Gasteiger partial charge is 0.459 e. The highest BCUT2D eigenvalue weighted by atomic mass is 16.6. The number of nitrogens with zero attached hydrogens (tertiary/aromatic N) is 1. The van der Waals surface area contributed by atoms with Gasteiger partial charge in [0, 0.05) is 25.3 Å². The van der Waals surface area contributed by atoms with Crippen LogP contribution in [-0.2, 0) is 16.1 Å². The summed E-state index contributed by atoms with van der Waals surface area (Å²) in [7, 11) is 0. The van der Waals surface area contributed by atoms with E-state index >= 15 is 0 Å². The summed E-state index contributed by atoms with van der Waals surface area (Å²) in [5.41, 5.74) is 2.10. The first kappa shape index (κ1) is 15.8. The average molecular weight is 290 g/mol. The van der Waals surface area contributed by atoms with Crippen LogP contribution in [-0.4, -0.2) is 31.2 Å². The first-order valence-corrected chi connectivity index (χ1v) is 7.71. The maximum Gasteiger partial charge on any atom is 0.320 e. The number of nitrogens with one attached hydrogen (secondary N) is 1. The van der Waals surface area contributed by atoms with Crippen LogP contribution in [0.2, 0.25) is 0 Å². The third-order valence-electron chi connectivity index (χ3n) is 3.44. The molecular formula is C17H26N2O2. The van der Waals surface area contributed by atoms with E-state index in [-0.39, 0.29) is 12.5 Å². The Hall–Kier alpha value is -1.55. The van der Waals surface area contributed by atoms with Gasteiger partial charge < -0.3 is 15.0 Å². The molecule has 1 heterocycles. The highest BCUT2D eigenvalue weighted by Gasteiger charge is 2.17. The molecule has 0 atom stereocenters. The molecule has 0 bridgehead atoms. The Morgan fingerprint density at radius 3 is 2.57 bits per heavy atom. The molecule has 116 valence electrons. The monoisotopic (exact) mass is 290 g/mol. The van der Waals surface area contributed by atoms with Crippen LogP contribution < -0.4 is 10.2 Å². The van der Waals surface area contributed by atoms with Gasteiger partial charge in [0.1, 0.15) is 5.60 Å². The average Bonchev–Trinajstić information content (AvgIpc) is 2.91. The smallest absolute Gasteiger partial charge is 0.320 e. The van der Waals surface area contributed by atoms with E-state index in [1.165, 1.54) is 24.1 Å². The van der Waals surface area contributed by atoms with E-state index in [0.29, 0.717) is 6.54 Å². The Morgan fingerprint density at radius 1 is 1.24 bits per heavy atom. The molecule has 1 aliphatic heterocycles. The van der Waals surface area contributed by atoms with E-state index in [4.69, 9.17) is 4.74 Å². The summed E-state index contributed by atoms with van der Waals surface area (Å²) in [6.07, 6.45) is 2.53. The predicted molar refractivity (Wildman–Crippen MR) is 85.4 cm³/mol. The highest BCUT2D eigenvalue weighted by molar-refractivity contribution is 5.72. The van der Waals surface area contributed by atoms with Gasteiger partial charge in [-0.1, -0.05) is 18.2 Å². The molecule has 0 unspecified atom stereocenters. The van der Waals surface area contributed by atoms with Gasteiger partial charge in [0.25, 0.3) is 0 Å². The van der Waals surface area contributed by atoms with E-state index in [2.05, 4.69) is 28.4 Å². The van der Waals surface area contributed by atoms with Crippen LogP contribution in [0, 0.1) is 0 Å². The molecule has 1 N–H and O–H groups in total.